The summed E-state index contributed by atoms with van der Waals surface area (Å²) in [5.41, 5.74) is 1.31. The first-order valence-electron chi connectivity index (χ1n) is 7.14. The molecule has 0 aliphatic carbocycles. The van der Waals surface area contributed by atoms with E-state index in [1.165, 1.54) is 0 Å². The summed E-state index contributed by atoms with van der Waals surface area (Å²) in [6.45, 7) is 4.65. The Bertz CT molecular complexity index is 440. The van der Waals surface area contributed by atoms with Crippen molar-refractivity contribution < 1.29 is 14.7 Å². The van der Waals surface area contributed by atoms with Gasteiger partial charge >= 0.3 is 5.97 Å². The number of aromatic carboxylic acids is 1. The van der Waals surface area contributed by atoms with Crippen LogP contribution in [0.25, 0.3) is 0 Å². The Balaban J connectivity index is 2.33. The number of carbonyl (C=O) groups is 2. The van der Waals surface area contributed by atoms with Gasteiger partial charge in [-0.3, -0.25) is 4.79 Å². The van der Waals surface area contributed by atoms with E-state index in [0.29, 0.717) is 13.0 Å². The lowest BCUT2D eigenvalue weighted by Crippen LogP contribution is -2.30. The van der Waals surface area contributed by atoms with Crippen LogP contribution in [0.4, 0.5) is 0 Å². The van der Waals surface area contributed by atoms with Crippen LogP contribution in [0.15, 0.2) is 24.3 Å². The van der Waals surface area contributed by atoms with Crippen molar-refractivity contribution in [3.8, 4) is 0 Å². The molecule has 4 nitrogen and oxygen atoms in total. The maximum atomic E-state index is 11.8. The fourth-order valence-electron chi connectivity index (χ4n) is 1.96. The summed E-state index contributed by atoms with van der Waals surface area (Å²) >= 11 is 0. The van der Waals surface area contributed by atoms with Gasteiger partial charge in [0.25, 0.3) is 0 Å². The number of hydrogen-bond acceptors (Lipinski definition) is 2. The van der Waals surface area contributed by atoms with E-state index in [0.717, 1.165) is 24.8 Å². The molecule has 0 spiro atoms. The second kappa shape index (κ2) is 8.35. The van der Waals surface area contributed by atoms with E-state index in [2.05, 4.69) is 12.2 Å². The third-order valence-corrected chi connectivity index (χ3v) is 3.35. The SMILES string of the molecule is CCCCC(C)C(=O)NCCc1ccc(C(=O)O)cc1. The Morgan fingerprint density at radius 1 is 1.25 bits per heavy atom. The van der Waals surface area contributed by atoms with Gasteiger partial charge in [0.1, 0.15) is 0 Å². The highest BCUT2D eigenvalue weighted by molar-refractivity contribution is 5.87. The van der Waals surface area contributed by atoms with Crippen LogP contribution in [0.5, 0.6) is 0 Å². The molecule has 0 aliphatic rings. The zero-order chi connectivity index (χ0) is 15.0. The van der Waals surface area contributed by atoms with Crippen molar-refractivity contribution >= 4 is 11.9 Å². The Morgan fingerprint density at radius 2 is 1.90 bits per heavy atom. The first kappa shape index (κ1) is 16.2. The molecular weight excluding hydrogens is 254 g/mol. The van der Waals surface area contributed by atoms with E-state index in [1.807, 2.05) is 6.92 Å². The number of hydrogen-bond donors (Lipinski definition) is 2. The fraction of sp³-hybridized carbons (Fsp3) is 0.500. The summed E-state index contributed by atoms with van der Waals surface area (Å²) < 4.78 is 0. The van der Waals surface area contributed by atoms with Crippen LogP contribution in [-0.4, -0.2) is 23.5 Å². The molecule has 0 radical (unpaired) electrons. The molecule has 0 saturated heterocycles. The summed E-state index contributed by atoms with van der Waals surface area (Å²) in [5, 5.41) is 11.7. The maximum Gasteiger partial charge on any atom is 0.335 e. The molecule has 1 amide bonds. The fourth-order valence-corrected chi connectivity index (χ4v) is 1.96. The van der Waals surface area contributed by atoms with Gasteiger partial charge in [0, 0.05) is 12.5 Å². The monoisotopic (exact) mass is 277 g/mol. The summed E-state index contributed by atoms with van der Waals surface area (Å²) in [7, 11) is 0. The van der Waals surface area contributed by atoms with E-state index in [1.54, 1.807) is 24.3 Å². The van der Waals surface area contributed by atoms with Crippen LogP contribution in [0.3, 0.4) is 0 Å². The minimum Gasteiger partial charge on any atom is -0.478 e. The Morgan fingerprint density at radius 3 is 2.45 bits per heavy atom. The number of carboxylic acids is 1. The van der Waals surface area contributed by atoms with Crippen molar-refractivity contribution in [3.63, 3.8) is 0 Å². The van der Waals surface area contributed by atoms with Crippen LogP contribution >= 0.6 is 0 Å². The predicted molar refractivity (Wildman–Crippen MR) is 78.8 cm³/mol. The standard InChI is InChI=1S/C16H23NO3/c1-3-4-5-12(2)15(18)17-11-10-13-6-8-14(9-7-13)16(19)20/h6-9,12H,3-5,10-11H2,1-2H3,(H,17,18)(H,19,20). The molecule has 1 aromatic rings. The summed E-state index contributed by atoms with van der Waals surface area (Å²) in [6.07, 6.45) is 3.82. The summed E-state index contributed by atoms with van der Waals surface area (Å²) in [5.74, 6) is -0.764. The lowest BCUT2D eigenvalue weighted by atomic mass is 10.0. The highest BCUT2D eigenvalue weighted by Crippen LogP contribution is 2.08. The smallest absolute Gasteiger partial charge is 0.335 e. The molecule has 0 aromatic heterocycles. The van der Waals surface area contributed by atoms with Crippen LogP contribution in [-0.2, 0) is 11.2 Å². The van der Waals surface area contributed by atoms with E-state index in [9.17, 15) is 9.59 Å². The Hall–Kier alpha value is -1.84. The maximum absolute atomic E-state index is 11.8. The van der Waals surface area contributed by atoms with E-state index in [4.69, 9.17) is 5.11 Å². The number of carbonyl (C=O) groups excluding carboxylic acids is 1. The molecule has 20 heavy (non-hydrogen) atoms. The van der Waals surface area contributed by atoms with Gasteiger partial charge in [-0.05, 0) is 30.5 Å². The highest BCUT2D eigenvalue weighted by atomic mass is 16.4. The molecule has 0 fully saturated rings. The van der Waals surface area contributed by atoms with Gasteiger partial charge in [0.2, 0.25) is 5.91 Å². The van der Waals surface area contributed by atoms with Crippen molar-refractivity contribution in [1.29, 1.82) is 0 Å². The molecule has 4 heteroatoms. The number of rotatable bonds is 8. The third kappa shape index (κ3) is 5.43. The zero-order valence-corrected chi connectivity index (χ0v) is 12.2. The number of benzene rings is 1. The second-order valence-corrected chi connectivity index (χ2v) is 5.09. The lowest BCUT2D eigenvalue weighted by molar-refractivity contribution is -0.124. The first-order valence-corrected chi connectivity index (χ1v) is 7.14. The summed E-state index contributed by atoms with van der Waals surface area (Å²) in [4.78, 5) is 22.5. The van der Waals surface area contributed by atoms with Crippen LogP contribution in [0, 0.1) is 5.92 Å². The van der Waals surface area contributed by atoms with Gasteiger partial charge < -0.3 is 10.4 Å². The molecule has 110 valence electrons. The van der Waals surface area contributed by atoms with E-state index >= 15 is 0 Å². The molecule has 2 N–H and O–H groups in total. The van der Waals surface area contributed by atoms with Crippen molar-refractivity contribution in [1.82, 2.24) is 5.32 Å². The quantitative estimate of drug-likeness (QED) is 0.768. The van der Waals surface area contributed by atoms with E-state index in [-0.39, 0.29) is 17.4 Å². The Labute approximate surface area is 120 Å². The number of nitrogens with one attached hydrogen (secondary N) is 1. The van der Waals surface area contributed by atoms with Gasteiger partial charge in [0.15, 0.2) is 0 Å². The summed E-state index contributed by atoms with van der Waals surface area (Å²) in [6, 6.07) is 6.75. The lowest BCUT2D eigenvalue weighted by Gasteiger charge is -2.11. The first-order chi connectivity index (χ1) is 9.54. The van der Waals surface area contributed by atoms with Crippen LogP contribution < -0.4 is 5.32 Å². The number of unbranched alkanes of at least 4 members (excludes halogenated alkanes) is 1. The minimum absolute atomic E-state index is 0.0596. The van der Waals surface area contributed by atoms with Gasteiger partial charge in [-0.1, -0.05) is 38.8 Å². The molecule has 0 saturated carbocycles. The average molecular weight is 277 g/mol. The molecule has 0 bridgehead atoms. The van der Waals surface area contributed by atoms with Gasteiger partial charge in [-0.15, -0.1) is 0 Å². The highest BCUT2D eigenvalue weighted by Gasteiger charge is 2.11. The van der Waals surface area contributed by atoms with Crippen molar-refractivity contribution in [3.05, 3.63) is 35.4 Å². The third-order valence-electron chi connectivity index (χ3n) is 3.35. The largest absolute Gasteiger partial charge is 0.478 e. The topological polar surface area (TPSA) is 66.4 Å². The van der Waals surface area contributed by atoms with Crippen molar-refractivity contribution in [2.75, 3.05) is 6.54 Å². The second-order valence-electron chi connectivity index (χ2n) is 5.09. The Kier molecular flexibility index (Phi) is 6.77. The number of amides is 1. The normalized spacial score (nSPS) is 11.9. The predicted octanol–water partition coefficient (Wildman–Crippen LogP) is 2.87. The molecule has 1 atom stereocenters. The molecule has 1 rings (SSSR count). The van der Waals surface area contributed by atoms with Crippen LogP contribution in [0.1, 0.15) is 49.0 Å². The van der Waals surface area contributed by atoms with Crippen molar-refractivity contribution in [2.24, 2.45) is 5.92 Å². The number of carboxylic acid groups (broad SMARTS) is 1. The van der Waals surface area contributed by atoms with Gasteiger partial charge in [-0.25, -0.2) is 4.79 Å². The molecule has 1 aromatic carbocycles. The zero-order valence-electron chi connectivity index (χ0n) is 12.2. The molecular formula is C16H23NO3. The van der Waals surface area contributed by atoms with Crippen LogP contribution in [0.2, 0.25) is 0 Å². The van der Waals surface area contributed by atoms with Gasteiger partial charge in [-0.2, -0.15) is 0 Å². The van der Waals surface area contributed by atoms with E-state index < -0.39 is 5.97 Å². The van der Waals surface area contributed by atoms with Crippen molar-refractivity contribution in [2.45, 2.75) is 39.5 Å². The average Bonchev–Trinajstić information content (AvgIpc) is 2.45. The van der Waals surface area contributed by atoms with Gasteiger partial charge in [0.05, 0.1) is 5.56 Å². The molecule has 0 heterocycles. The molecule has 1 unspecified atom stereocenters. The molecule has 0 aliphatic heterocycles. The minimum atomic E-state index is -0.922.